The highest BCUT2D eigenvalue weighted by atomic mass is 16.5. The molecular formula is C24H46O4. The topological polar surface area (TPSA) is 63.6 Å². The van der Waals surface area contributed by atoms with Crippen molar-refractivity contribution in [1.82, 2.24) is 0 Å². The van der Waals surface area contributed by atoms with Gasteiger partial charge < -0.3 is 9.84 Å². The van der Waals surface area contributed by atoms with Crippen LogP contribution in [0.4, 0.5) is 0 Å². The second-order valence-corrected chi connectivity index (χ2v) is 8.68. The first-order valence-corrected chi connectivity index (χ1v) is 11.9. The zero-order valence-corrected chi connectivity index (χ0v) is 18.8. The molecule has 0 amide bonds. The van der Waals surface area contributed by atoms with Crippen LogP contribution in [-0.4, -0.2) is 23.7 Å². The molecule has 0 aromatic rings. The van der Waals surface area contributed by atoms with Gasteiger partial charge in [-0.15, -0.1) is 0 Å². The van der Waals surface area contributed by atoms with Crippen molar-refractivity contribution in [3.63, 3.8) is 0 Å². The van der Waals surface area contributed by atoms with E-state index in [9.17, 15) is 9.59 Å². The largest absolute Gasteiger partial charge is 0.481 e. The van der Waals surface area contributed by atoms with Crippen molar-refractivity contribution in [3.8, 4) is 0 Å². The maximum absolute atomic E-state index is 12.2. The van der Waals surface area contributed by atoms with Crippen LogP contribution in [-0.2, 0) is 14.3 Å². The van der Waals surface area contributed by atoms with Gasteiger partial charge in [0.05, 0.1) is 18.9 Å². The molecule has 0 bridgehead atoms. The van der Waals surface area contributed by atoms with E-state index in [2.05, 4.69) is 20.8 Å². The molecule has 0 aliphatic carbocycles. The number of rotatable bonds is 20. The van der Waals surface area contributed by atoms with Gasteiger partial charge in [-0.1, -0.05) is 104 Å². The molecule has 0 aromatic carbocycles. The molecule has 28 heavy (non-hydrogen) atoms. The number of carbonyl (C=O) groups excluding carboxylic acids is 1. The van der Waals surface area contributed by atoms with E-state index >= 15 is 0 Å². The minimum absolute atomic E-state index is 0.108. The molecule has 1 atom stereocenters. The van der Waals surface area contributed by atoms with Crippen LogP contribution >= 0.6 is 0 Å². The Labute approximate surface area is 173 Å². The minimum Gasteiger partial charge on any atom is -0.481 e. The molecule has 0 heterocycles. The molecule has 1 N–H and O–H groups in total. The maximum Gasteiger partial charge on any atom is 0.309 e. The smallest absolute Gasteiger partial charge is 0.309 e. The van der Waals surface area contributed by atoms with E-state index in [1.165, 1.54) is 57.8 Å². The summed E-state index contributed by atoms with van der Waals surface area (Å²) in [6, 6.07) is 0. The Morgan fingerprint density at radius 1 is 0.750 bits per heavy atom. The molecule has 4 nitrogen and oxygen atoms in total. The van der Waals surface area contributed by atoms with E-state index in [4.69, 9.17) is 9.84 Å². The average Bonchev–Trinajstić information content (AvgIpc) is 2.64. The van der Waals surface area contributed by atoms with Gasteiger partial charge in [0.1, 0.15) is 0 Å². The summed E-state index contributed by atoms with van der Waals surface area (Å²) >= 11 is 0. The van der Waals surface area contributed by atoms with Crippen molar-refractivity contribution in [1.29, 1.82) is 0 Å². The summed E-state index contributed by atoms with van der Waals surface area (Å²) in [5.41, 5.74) is 0. The van der Waals surface area contributed by atoms with Crippen molar-refractivity contribution >= 4 is 11.9 Å². The number of carbonyl (C=O) groups is 2. The number of ether oxygens (including phenoxy) is 1. The summed E-state index contributed by atoms with van der Waals surface area (Å²) in [4.78, 5) is 23.3. The maximum atomic E-state index is 12.2. The predicted molar refractivity (Wildman–Crippen MR) is 116 cm³/mol. The summed E-state index contributed by atoms with van der Waals surface area (Å²) in [6.07, 6.45) is 17.2. The SMILES string of the molecule is CCCCCCCCCCCCC(CC(=O)O)C(=O)OCCCCCC(C)C. The number of unbranched alkanes of at least 4 members (excludes halogenated alkanes) is 11. The highest BCUT2D eigenvalue weighted by Gasteiger charge is 2.22. The fourth-order valence-corrected chi connectivity index (χ4v) is 3.51. The van der Waals surface area contributed by atoms with Crippen LogP contribution in [0.1, 0.15) is 124 Å². The van der Waals surface area contributed by atoms with Gasteiger partial charge in [-0.2, -0.15) is 0 Å². The van der Waals surface area contributed by atoms with Crippen LogP contribution in [0, 0.1) is 11.8 Å². The lowest BCUT2D eigenvalue weighted by atomic mass is 9.97. The third-order valence-electron chi connectivity index (χ3n) is 5.33. The fourth-order valence-electron chi connectivity index (χ4n) is 3.51. The first-order valence-electron chi connectivity index (χ1n) is 11.9. The quantitative estimate of drug-likeness (QED) is 0.175. The van der Waals surface area contributed by atoms with Crippen molar-refractivity contribution < 1.29 is 19.4 Å². The third kappa shape index (κ3) is 18.3. The Kier molecular flexibility index (Phi) is 18.5. The molecule has 0 aromatic heterocycles. The Balaban J connectivity index is 3.82. The van der Waals surface area contributed by atoms with Gasteiger partial charge >= 0.3 is 11.9 Å². The number of carboxylic acids is 1. The number of carboxylic acid groups (broad SMARTS) is 1. The molecule has 0 radical (unpaired) electrons. The molecule has 0 saturated heterocycles. The molecule has 0 fully saturated rings. The van der Waals surface area contributed by atoms with Crippen molar-refractivity contribution in [2.45, 2.75) is 124 Å². The molecule has 0 aliphatic heterocycles. The molecule has 1 unspecified atom stereocenters. The second-order valence-electron chi connectivity index (χ2n) is 8.68. The molecular weight excluding hydrogens is 352 g/mol. The lowest BCUT2D eigenvalue weighted by Crippen LogP contribution is -2.21. The van der Waals surface area contributed by atoms with Crippen LogP contribution in [0.3, 0.4) is 0 Å². The third-order valence-corrected chi connectivity index (χ3v) is 5.33. The first kappa shape index (κ1) is 26.9. The number of aliphatic carboxylic acids is 1. The van der Waals surface area contributed by atoms with Gasteiger partial charge in [0.2, 0.25) is 0 Å². The van der Waals surface area contributed by atoms with Crippen molar-refractivity contribution in [2.75, 3.05) is 6.61 Å². The average molecular weight is 399 g/mol. The van der Waals surface area contributed by atoms with Crippen molar-refractivity contribution in [2.24, 2.45) is 11.8 Å². The molecule has 0 rings (SSSR count). The van der Waals surface area contributed by atoms with Crippen LogP contribution in [0.15, 0.2) is 0 Å². The summed E-state index contributed by atoms with van der Waals surface area (Å²) < 4.78 is 5.35. The Morgan fingerprint density at radius 3 is 1.79 bits per heavy atom. The van der Waals surface area contributed by atoms with Gasteiger partial charge in [0, 0.05) is 0 Å². The van der Waals surface area contributed by atoms with E-state index in [-0.39, 0.29) is 12.4 Å². The van der Waals surface area contributed by atoms with E-state index in [1.807, 2.05) is 0 Å². The summed E-state index contributed by atoms with van der Waals surface area (Å²) in [5.74, 6) is -1.00. The zero-order valence-electron chi connectivity index (χ0n) is 18.8. The number of hydrogen-bond donors (Lipinski definition) is 1. The number of esters is 1. The summed E-state index contributed by atoms with van der Waals surface area (Å²) in [5, 5.41) is 9.08. The highest BCUT2D eigenvalue weighted by Crippen LogP contribution is 2.18. The zero-order chi connectivity index (χ0) is 21.0. The monoisotopic (exact) mass is 398 g/mol. The van der Waals surface area contributed by atoms with Gasteiger partial charge in [-0.25, -0.2) is 0 Å². The van der Waals surface area contributed by atoms with Gasteiger partial charge in [-0.05, 0) is 18.8 Å². The van der Waals surface area contributed by atoms with E-state index in [1.54, 1.807) is 0 Å². The van der Waals surface area contributed by atoms with Crippen LogP contribution in [0.25, 0.3) is 0 Å². The van der Waals surface area contributed by atoms with E-state index < -0.39 is 11.9 Å². The van der Waals surface area contributed by atoms with Crippen LogP contribution in [0.2, 0.25) is 0 Å². The van der Waals surface area contributed by atoms with Gasteiger partial charge in [-0.3, -0.25) is 9.59 Å². The fraction of sp³-hybridized carbons (Fsp3) is 0.917. The Morgan fingerprint density at radius 2 is 1.25 bits per heavy atom. The summed E-state index contributed by atoms with van der Waals surface area (Å²) in [6.45, 7) is 7.08. The number of hydrogen-bond acceptors (Lipinski definition) is 3. The predicted octanol–water partition coefficient (Wildman–Crippen LogP) is 7.15. The van der Waals surface area contributed by atoms with E-state index in [0.717, 1.165) is 32.1 Å². The molecule has 0 aliphatic rings. The molecule has 0 saturated carbocycles. The molecule has 0 spiro atoms. The van der Waals surface area contributed by atoms with Gasteiger partial charge in [0.25, 0.3) is 0 Å². The van der Waals surface area contributed by atoms with Crippen LogP contribution < -0.4 is 0 Å². The highest BCUT2D eigenvalue weighted by molar-refractivity contribution is 5.79. The Hall–Kier alpha value is -1.06. The normalized spacial score (nSPS) is 12.3. The van der Waals surface area contributed by atoms with Crippen molar-refractivity contribution in [3.05, 3.63) is 0 Å². The Bertz CT molecular complexity index is 379. The minimum atomic E-state index is -0.911. The first-order chi connectivity index (χ1) is 13.5. The molecule has 166 valence electrons. The second kappa shape index (κ2) is 19.3. The lowest BCUT2D eigenvalue weighted by molar-refractivity contribution is -0.153. The van der Waals surface area contributed by atoms with E-state index in [0.29, 0.717) is 18.9 Å². The standard InChI is InChI=1S/C24H46O4/c1-4-5-6-7-8-9-10-11-12-15-18-22(20-23(25)26)24(27)28-19-16-13-14-17-21(2)3/h21-22H,4-20H2,1-3H3,(H,25,26). The lowest BCUT2D eigenvalue weighted by Gasteiger charge is -2.14. The van der Waals surface area contributed by atoms with Gasteiger partial charge in [0.15, 0.2) is 0 Å². The summed E-state index contributed by atoms with van der Waals surface area (Å²) in [7, 11) is 0. The van der Waals surface area contributed by atoms with Crippen LogP contribution in [0.5, 0.6) is 0 Å². The molecule has 4 heteroatoms.